The Kier molecular flexibility index (Phi) is 17.1. The third-order valence-electron chi connectivity index (χ3n) is 7.13. The van der Waals surface area contributed by atoms with Gasteiger partial charge in [0.15, 0.2) is 5.60 Å². The highest BCUT2D eigenvalue weighted by Gasteiger charge is 2.49. The zero-order valence-corrected chi connectivity index (χ0v) is 24.1. The van der Waals surface area contributed by atoms with Crippen LogP contribution in [0.3, 0.4) is 0 Å². The predicted molar refractivity (Wildman–Crippen MR) is 155 cm³/mol. The van der Waals surface area contributed by atoms with Crippen LogP contribution in [0.5, 0.6) is 5.75 Å². The topological polar surface area (TPSA) is 181 Å². The maximum absolute atomic E-state index is 13.1. The van der Waals surface area contributed by atoms with Gasteiger partial charge in [0.1, 0.15) is 11.8 Å². The minimum Gasteiger partial charge on any atom is -0.508 e. The van der Waals surface area contributed by atoms with Crippen LogP contribution in [-0.4, -0.2) is 61.0 Å². The maximum Gasteiger partial charge on any atom is 0.337 e. The summed E-state index contributed by atoms with van der Waals surface area (Å²) in [4.78, 5) is 48.2. The molecule has 1 amide bonds. The number of benzene rings is 1. The normalized spacial score (nSPS) is 14.3. The van der Waals surface area contributed by atoms with Gasteiger partial charge < -0.3 is 30.8 Å². The van der Waals surface area contributed by atoms with Gasteiger partial charge in [-0.2, -0.15) is 0 Å². The molecule has 2 unspecified atom stereocenters. The SMILES string of the molecule is CCCCCCCCCCCCCC/C=C\C(C(=O)N[C@@H](Cc1ccc(O)cc1)C(=O)O)C(O)(CC(=O)O)C(=O)O. The lowest BCUT2D eigenvalue weighted by molar-refractivity contribution is -0.172. The van der Waals surface area contributed by atoms with E-state index in [0.29, 0.717) is 12.0 Å². The van der Waals surface area contributed by atoms with Crippen LogP contribution >= 0.6 is 0 Å². The Morgan fingerprint density at radius 1 is 0.829 bits per heavy atom. The first-order valence-electron chi connectivity index (χ1n) is 14.7. The summed E-state index contributed by atoms with van der Waals surface area (Å²) in [6, 6.07) is 4.17. The highest BCUT2D eigenvalue weighted by molar-refractivity contribution is 5.94. The number of allylic oxidation sites excluding steroid dienone is 1. The van der Waals surface area contributed by atoms with Crippen molar-refractivity contribution in [1.29, 1.82) is 0 Å². The first-order valence-corrected chi connectivity index (χ1v) is 14.7. The molecule has 0 spiro atoms. The summed E-state index contributed by atoms with van der Waals surface area (Å²) in [6.07, 6.45) is 15.7. The molecule has 10 nitrogen and oxygen atoms in total. The number of aromatic hydroxyl groups is 1. The second kappa shape index (κ2) is 19.6. The first kappa shape index (κ1) is 35.6. The number of nitrogens with one attached hydrogen (secondary N) is 1. The van der Waals surface area contributed by atoms with Crippen LogP contribution in [0.15, 0.2) is 36.4 Å². The molecule has 0 radical (unpaired) electrons. The lowest BCUT2D eigenvalue weighted by Crippen LogP contribution is -2.55. The number of hydrogen-bond acceptors (Lipinski definition) is 6. The number of carbonyl (C=O) groups is 4. The van der Waals surface area contributed by atoms with Crippen LogP contribution in [0, 0.1) is 5.92 Å². The molecule has 0 saturated carbocycles. The standard InChI is InChI=1S/C31H47NO9/c1-2-3-4-5-6-7-8-9-10-11-12-13-14-15-16-25(31(41,30(39)40)22-27(34)35)28(36)32-26(29(37)38)21-23-17-19-24(33)20-18-23/h15-20,25-26,33,41H,2-14,21-22H2,1H3,(H,32,36)(H,34,35)(H,37,38)(H,39,40)/b16-15-/t25?,26-,31?/m0/s1. The maximum atomic E-state index is 13.1. The number of rotatable bonds is 23. The molecule has 0 bridgehead atoms. The predicted octanol–water partition coefficient (Wildman–Crippen LogP) is 5.06. The van der Waals surface area contributed by atoms with E-state index in [1.54, 1.807) is 0 Å². The average molecular weight is 578 g/mol. The van der Waals surface area contributed by atoms with Crippen molar-refractivity contribution in [2.24, 2.45) is 5.92 Å². The molecule has 10 heteroatoms. The average Bonchev–Trinajstić information content (AvgIpc) is 2.91. The molecule has 0 fully saturated rings. The van der Waals surface area contributed by atoms with Crippen molar-refractivity contribution in [3.63, 3.8) is 0 Å². The van der Waals surface area contributed by atoms with E-state index >= 15 is 0 Å². The van der Waals surface area contributed by atoms with Gasteiger partial charge >= 0.3 is 17.9 Å². The van der Waals surface area contributed by atoms with E-state index in [1.807, 2.05) is 0 Å². The number of phenols is 1. The van der Waals surface area contributed by atoms with Gasteiger partial charge in [0, 0.05) is 6.42 Å². The fourth-order valence-electron chi connectivity index (χ4n) is 4.68. The summed E-state index contributed by atoms with van der Waals surface area (Å²) in [7, 11) is 0. The number of amides is 1. The van der Waals surface area contributed by atoms with Gasteiger partial charge in [-0.15, -0.1) is 0 Å². The number of aliphatic hydroxyl groups is 1. The number of carbonyl (C=O) groups excluding carboxylic acids is 1. The van der Waals surface area contributed by atoms with Gasteiger partial charge in [-0.1, -0.05) is 102 Å². The number of hydrogen-bond donors (Lipinski definition) is 6. The molecule has 0 heterocycles. The fourth-order valence-corrected chi connectivity index (χ4v) is 4.68. The van der Waals surface area contributed by atoms with Gasteiger partial charge in [-0.25, -0.2) is 9.59 Å². The second-order valence-electron chi connectivity index (χ2n) is 10.7. The number of carboxylic acid groups (broad SMARTS) is 3. The third kappa shape index (κ3) is 14.2. The molecule has 1 aromatic rings. The van der Waals surface area contributed by atoms with Crippen molar-refractivity contribution in [2.45, 2.75) is 115 Å². The summed E-state index contributed by atoms with van der Waals surface area (Å²) in [6.45, 7) is 2.21. The smallest absolute Gasteiger partial charge is 0.337 e. The lowest BCUT2D eigenvalue weighted by Gasteiger charge is -2.29. The number of carboxylic acids is 3. The Hall–Kier alpha value is -3.40. The van der Waals surface area contributed by atoms with Crippen LogP contribution in [0.1, 0.15) is 102 Å². The minimum atomic E-state index is -2.98. The second-order valence-corrected chi connectivity index (χ2v) is 10.7. The lowest BCUT2D eigenvalue weighted by atomic mass is 9.82. The van der Waals surface area contributed by atoms with Gasteiger partial charge in [0.25, 0.3) is 0 Å². The molecule has 6 N–H and O–H groups in total. The van der Waals surface area contributed by atoms with Crippen molar-refractivity contribution in [2.75, 3.05) is 0 Å². The minimum absolute atomic E-state index is 0.0248. The van der Waals surface area contributed by atoms with Crippen LogP contribution in [0.4, 0.5) is 0 Å². The van der Waals surface area contributed by atoms with E-state index in [0.717, 1.165) is 31.8 Å². The van der Waals surface area contributed by atoms with Gasteiger partial charge in [0.05, 0.1) is 12.3 Å². The molecule has 41 heavy (non-hydrogen) atoms. The highest BCUT2D eigenvalue weighted by Crippen LogP contribution is 2.26. The van der Waals surface area contributed by atoms with Gasteiger partial charge in [0.2, 0.25) is 5.91 Å². The van der Waals surface area contributed by atoms with Crippen LogP contribution < -0.4 is 5.32 Å². The molecule has 0 saturated heterocycles. The summed E-state index contributed by atoms with van der Waals surface area (Å²) in [5.74, 6) is -7.91. The van der Waals surface area contributed by atoms with E-state index in [9.17, 15) is 44.7 Å². The Labute approximate surface area is 242 Å². The quantitative estimate of drug-likeness (QED) is 0.0765. The van der Waals surface area contributed by atoms with E-state index in [1.165, 1.54) is 81.7 Å². The van der Waals surface area contributed by atoms with Crippen molar-refractivity contribution in [3.8, 4) is 5.75 Å². The largest absolute Gasteiger partial charge is 0.508 e. The highest BCUT2D eigenvalue weighted by atomic mass is 16.4. The molecule has 230 valence electrons. The summed E-state index contributed by atoms with van der Waals surface area (Å²) < 4.78 is 0. The van der Waals surface area contributed by atoms with E-state index < -0.39 is 47.8 Å². The van der Waals surface area contributed by atoms with E-state index in [2.05, 4.69) is 12.2 Å². The van der Waals surface area contributed by atoms with Crippen molar-refractivity contribution in [1.82, 2.24) is 5.32 Å². The van der Waals surface area contributed by atoms with Gasteiger partial charge in [-0.3, -0.25) is 9.59 Å². The summed E-state index contributed by atoms with van der Waals surface area (Å²) in [5, 5.41) is 51.0. The number of phenolic OH excluding ortho intramolecular Hbond substituents is 1. The third-order valence-corrected chi connectivity index (χ3v) is 7.13. The number of aliphatic carboxylic acids is 3. The van der Waals surface area contributed by atoms with Gasteiger partial charge in [-0.05, 0) is 30.5 Å². The van der Waals surface area contributed by atoms with E-state index in [-0.39, 0.29) is 12.2 Å². The van der Waals surface area contributed by atoms with Crippen LogP contribution in [0.25, 0.3) is 0 Å². The zero-order chi connectivity index (χ0) is 30.7. The molecule has 0 aliphatic heterocycles. The van der Waals surface area contributed by atoms with E-state index in [4.69, 9.17) is 0 Å². The molecule has 0 aromatic heterocycles. The Morgan fingerprint density at radius 2 is 1.34 bits per heavy atom. The Bertz CT molecular complexity index is 976. The molecule has 1 aromatic carbocycles. The Morgan fingerprint density at radius 3 is 1.80 bits per heavy atom. The molecular formula is C31H47NO9. The van der Waals surface area contributed by atoms with Crippen molar-refractivity contribution in [3.05, 3.63) is 42.0 Å². The van der Waals surface area contributed by atoms with Crippen molar-refractivity contribution < 1.29 is 44.7 Å². The fraction of sp³-hybridized carbons (Fsp3) is 0.613. The first-order chi connectivity index (χ1) is 19.5. The molecule has 0 aliphatic rings. The molecule has 3 atom stereocenters. The monoisotopic (exact) mass is 577 g/mol. The number of unbranched alkanes of at least 4 members (excludes halogenated alkanes) is 12. The zero-order valence-electron chi connectivity index (χ0n) is 24.1. The summed E-state index contributed by atoms with van der Waals surface area (Å²) in [5.41, 5.74) is -2.50. The van der Waals surface area contributed by atoms with Crippen LogP contribution in [0.2, 0.25) is 0 Å². The Balaban J connectivity index is 2.74. The molecule has 0 aliphatic carbocycles. The van der Waals surface area contributed by atoms with Crippen LogP contribution in [-0.2, 0) is 25.6 Å². The van der Waals surface area contributed by atoms with Crippen molar-refractivity contribution >= 4 is 23.8 Å². The molecular weight excluding hydrogens is 530 g/mol. The molecule has 1 rings (SSSR count). The summed E-state index contributed by atoms with van der Waals surface area (Å²) >= 11 is 0.